The molecule has 0 bridgehead atoms. The minimum Gasteiger partial charge on any atom is -0.497 e. The molecule has 1 aromatic carbocycles. The normalized spacial score (nSPS) is 10.0. The van der Waals surface area contributed by atoms with Crippen molar-refractivity contribution in [2.45, 2.75) is 13.3 Å². The number of aromatic nitrogens is 1. The van der Waals surface area contributed by atoms with Gasteiger partial charge in [-0.15, -0.1) is 0 Å². The molecule has 5 nitrogen and oxygen atoms in total. The first-order chi connectivity index (χ1) is 10.1. The van der Waals surface area contributed by atoms with Crippen molar-refractivity contribution in [1.29, 1.82) is 0 Å². The van der Waals surface area contributed by atoms with Crippen molar-refractivity contribution >= 4 is 11.7 Å². The molecule has 0 spiro atoms. The van der Waals surface area contributed by atoms with E-state index in [9.17, 15) is 4.79 Å². The lowest BCUT2D eigenvalue weighted by molar-refractivity contribution is -0.115. The van der Waals surface area contributed by atoms with Gasteiger partial charge in [0.2, 0.25) is 5.91 Å². The van der Waals surface area contributed by atoms with Crippen LogP contribution in [0.5, 0.6) is 11.5 Å². The highest BCUT2D eigenvalue weighted by molar-refractivity contribution is 5.92. The topological polar surface area (TPSA) is 60.5 Å². The van der Waals surface area contributed by atoms with Gasteiger partial charge in [-0.25, -0.2) is 4.98 Å². The van der Waals surface area contributed by atoms with E-state index in [1.807, 2.05) is 19.1 Å². The number of benzene rings is 1. The van der Waals surface area contributed by atoms with Gasteiger partial charge in [0, 0.05) is 11.8 Å². The first kappa shape index (κ1) is 14.8. The summed E-state index contributed by atoms with van der Waals surface area (Å²) in [5.41, 5.74) is 1.69. The fourth-order valence-corrected chi connectivity index (χ4v) is 1.99. The Bertz CT molecular complexity index is 641. The van der Waals surface area contributed by atoms with Crippen LogP contribution in [0.4, 0.5) is 5.82 Å². The molecule has 0 aliphatic rings. The molecule has 2 aromatic rings. The summed E-state index contributed by atoms with van der Waals surface area (Å²) >= 11 is 0. The smallest absolute Gasteiger partial charge is 0.230 e. The minimum absolute atomic E-state index is 0.150. The van der Waals surface area contributed by atoms with Crippen LogP contribution in [-0.2, 0) is 11.2 Å². The number of aryl methyl sites for hydroxylation is 1. The molecular weight excluding hydrogens is 268 g/mol. The van der Waals surface area contributed by atoms with Gasteiger partial charge >= 0.3 is 0 Å². The second-order valence-corrected chi connectivity index (χ2v) is 4.57. The van der Waals surface area contributed by atoms with Crippen molar-refractivity contribution in [3.63, 3.8) is 0 Å². The van der Waals surface area contributed by atoms with Crippen LogP contribution >= 0.6 is 0 Å². The fraction of sp³-hybridized carbons (Fsp3) is 0.250. The molecule has 0 fully saturated rings. The SMILES string of the molecule is COc1ccc(OC)c(CC(=O)Nc2ncccc2C)c1. The van der Waals surface area contributed by atoms with Crippen LogP contribution in [0.3, 0.4) is 0 Å². The van der Waals surface area contributed by atoms with Crippen molar-refractivity contribution in [1.82, 2.24) is 4.98 Å². The zero-order valence-electron chi connectivity index (χ0n) is 12.3. The molecule has 1 heterocycles. The van der Waals surface area contributed by atoms with Crippen molar-refractivity contribution in [3.05, 3.63) is 47.7 Å². The van der Waals surface area contributed by atoms with E-state index in [4.69, 9.17) is 9.47 Å². The van der Waals surface area contributed by atoms with E-state index in [0.29, 0.717) is 17.3 Å². The lowest BCUT2D eigenvalue weighted by Crippen LogP contribution is -2.16. The number of nitrogens with one attached hydrogen (secondary N) is 1. The van der Waals surface area contributed by atoms with Gasteiger partial charge in [-0.2, -0.15) is 0 Å². The molecule has 1 aromatic heterocycles. The Morgan fingerprint density at radius 1 is 1.24 bits per heavy atom. The third-order valence-electron chi connectivity index (χ3n) is 3.11. The quantitative estimate of drug-likeness (QED) is 0.917. The van der Waals surface area contributed by atoms with Gasteiger partial charge in [-0.05, 0) is 36.8 Å². The lowest BCUT2D eigenvalue weighted by atomic mass is 10.1. The van der Waals surface area contributed by atoms with Crippen molar-refractivity contribution in [3.8, 4) is 11.5 Å². The average Bonchev–Trinajstić information content (AvgIpc) is 2.49. The summed E-state index contributed by atoms with van der Waals surface area (Å²) in [5, 5.41) is 2.80. The summed E-state index contributed by atoms with van der Waals surface area (Å²) in [6.07, 6.45) is 1.84. The number of hydrogen-bond donors (Lipinski definition) is 1. The maximum atomic E-state index is 12.2. The van der Waals surface area contributed by atoms with Crippen LogP contribution in [-0.4, -0.2) is 25.1 Å². The Kier molecular flexibility index (Phi) is 4.77. The van der Waals surface area contributed by atoms with Crippen LogP contribution in [0.15, 0.2) is 36.5 Å². The lowest BCUT2D eigenvalue weighted by Gasteiger charge is -2.11. The zero-order valence-corrected chi connectivity index (χ0v) is 12.3. The standard InChI is InChI=1S/C16H18N2O3/c1-11-5-4-8-17-16(11)18-15(19)10-12-9-13(20-2)6-7-14(12)21-3/h4-9H,10H2,1-3H3,(H,17,18,19). The van der Waals surface area contributed by atoms with E-state index in [1.54, 1.807) is 38.6 Å². The molecule has 2 rings (SSSR count). The van der Waals surface area contributed by atoms with Crippen LogP contribution in [0.2, 0.25) is 0 Å². The molecule has 1 N–H and O–H groups in total. The Morgan fingerprint density at radius 3 is 2.71 bits per heavy atom. The maximum Gasteiger partial charge on any atom is 0.230 e. The van der Waals surface area contributed by atoms with Gasteiger partial charge in [0.1, 0.15) is 17.3 Å². The predicted octanol–water partition coefficient (Wildman–Crippen LogP) is 2.59. The number of carbonyl (C=O) groups is 1. The first-order valence-electron chi connectivity index (χ1n) is 6.56. The molecule has 0 aliphatic heterocycles. The molecule has 5 heteroatoms. The summed E-state index contributed by atoms with van der Waals surface area (Å²) in [6, 6.07) is 9.10. The number of methoxy groups -OCH3 is 2. The number of hydrogen-bond acceptors (Lipinski definition) is 4. The fourth-order valence-electron chi connectivity index (χ4n) is 1.99. The molecule has 0 atom stereocenters. The number of amides is 1. The predicted molar refractivity (Wildman–Crippen MR) is 80.9 cm³/mol. The molecule has 110 valence electrons. The van der Waals surface area contributed by atoms with E-state index in [0.717, 1.165) is 11.1 Å². The van der Waals surface area contributed by atoms with Gasteiger partial charge < -0.3 is 14.8 Å². The zero-order chi connectivity index (χ0) is 15.2. The maximum absolute atomic E-state index is 12.2. The largest absolute Gasteiger partial charge is 0.497 e. The Morgan fingerprint density at radius 2 is 2.05 bits per heavy atom. The highest BCUT2D eigenvalue weighted by atomic mass is 16.5. The van der Waals surface area contributed by atoms with Crippen LogP contribution in [0.1, 0.15) is 11.1 Å². The third-order valence-corrected chi connectivity index (χ3v) is 3.11. The van der Waals surface area contributed by atoms with Crippen molar-refractivity contribution < 1.29 is 14.3 Å². The summed E-state index contributed by atoms with van der Waals surface area (Å²) in [7, 11) is 3.16. The Hall–Kier alpha value is -2.56. The summed E-state index contributed by atoms with van der Waals surface area (Å²) in [5.74, 6) is 1.77. The van der Waals surface area contributed by atoms with Gasteiger partial charge in [0.25, 0.3) is 0 Å². The minimum atomic E-state index is -0.150. The second-order valence-electron chi connectivity index (χ2n) is 4.57. The molecule has 0 unspecified atom stereocenters. The number of pyridine rings is 1. The van der Waals surface area contributed by atoms with E-state index in [2.05, 4.69) is 10.3 Å². The van der Waals surface area contributed by atoms with Gasteiger partial charge in [-0.3, -0.25) is 4.79 Å². The van der Waals surface area contributed by atoms with Crippen molar-refractivity contribution in [2.75, 3.05) is 19.5 Å². The number of rotatable bonds is 5. The Balaban J connectivity index is 2.14. The molecule has 0 radical (unpaired) electrons. The summed E-state index contributed by atoms with van der Waals surface area (Å²) < 4.78 is 10.4. The highest BCUT2D eigenvalue weighted by Gasteiger charge is 2.11. The van der Waals surface area contributed by atoms with Crippen molar-refractivity contribution in [2.24, 2.45) is 0 Å². The first-order valence-corrected chi connectivity index (χ1v) is 6.56. The van der Waals surface area contributed by atoms with Crippen LogP contribution in [0, 0.1) is 6.92 Å². The van der Waals surface area contributed by atoms with E-state index in [-0.39, 0.29) is 12.3 Å². The van der Waals surface area contributed by atoms with E-state index < -0.39 is 0 Å². The number of anilines is 1. The van der Waals surface area contributed by atoms with Gasteiger partial charge in [-0.1, -0.05) is 6.07 Å². The number of carbonyl (C=O) groups excluding carboxylic acids is 1. The summed E-state index contributed by atoms with van der Waals surface area (Å²) in [4.78, 5) is 16.3. The molecule has 0 saturated carbocycles. The van der Waals surface area contributed by atoms with E-state index >= 15 is 0 Å². The third kappa shape index (κ3) is 3.72. The van der Waals surface area contributed by atoms with Gasteiger partial charge in [0.15, 0.2) is 0 Å². The highest BCUT2D eigenvalue weighted by Crippen LogP contribution is 2.24. The van der Waals surface area contributed by atoms with Crippen LogP contribution in [0.25, 0.3) is 0 Å². The Labute approximate surface area is 123 Å². The molecule has 0 aliphatic carbocycles. The number of nitrogens with zero attached hydrogens (tertiary/aromatic N) is 1. The summed E-state index contributed by atoms with van der Waals surface area (Å²) in [6.45, 7) is 1.90. The molecule has 21 heavy (non-hydrogen) atoms. The molecular formula is C16H18N2O3. The molecule has 1 amide bonds. The number of ether oxygens (including phenoxy) is 2. The average molecular weight is 286 g/mol. The van der Waals surface area contributed by atoms with E-state index in [1.165, 1.54) is 0 Å². The van der Waals surface area contributed by atoms with Gasteiger partial charge in [0.05, 0.1) is 20.6 Å². The molecule has 0 saturated heterocycles. The van der Waals surface area contributed by atoms with Crippen LogP contribution < -0.4 is 14.8 Å². The second kappa shape index (κ2) is 6.74. The monoisotopic (exact) mass is 286 g/mol.